The van der Waals surface area contributed by atoms with E-state index in [9.17, 15) is 10.2 Å². The molecule has 2 heteroatoms. The van der Waals surface area contributed by atoms with Crippen LogP contribution < -0.4 is 0 Å². The number of hydrogen-bond donors (Lipinski definition) is 2. The second-order valence-corrected chi connectivity index (χ2v) is 14.8. The van der Waals surface area contributed by atoms with Gasteiger partial charge in [-0.1, -0.05) is 140 Å². The third-order valence-corrected chi connectivity index (χ3v) is 11.0. The number of fused-ring (bicyclic) bond motifs is 4. The molecule has 0 spiro atoms. The number of unbranched alkanes of at least 4 members (excludes halogenated alkanes) is 8. The molecule has 0 bridgehead atoms. The molecular formula is C48H58O2. The first-order chi connectivity index (χ1) is 24.5. The Morgan fingerprint density at radius 3 is 0.900 bits per heavy atom. The lowest BCUT2D eigenvalue weighted by molar-refractivity contribution is 0.487. The Labute approximate surface area is 300 Å². The summed E-state index contributed by atoms with van der Waals surface area (Å²) in [6.07, 6.45) is 18.3. The zero-order valence-electron chi connectivity index (χ0n) is 31.1. The van der Waals surface area contributed by atoms with Gasteiger partial charge in [0.2, 0.25) is 0 Å². The van der Waals surface area contributed by atoms with Crippen LogP contribution in [0.5, 0.6) is 11.5 Å². The van der Waals surface area contributed by atoms with Gasteiger partial charge in [0.05, 0.1) is 0 Å². The van der Waals surface area contributed by atoms with Gasteiger partial charge in [0.1, 0.15) is 11.5 Å². The van der Waals surface area contributed by atoms with Gasteiger partial charge in [0.15, 0.2) is 0 Å². The van der Waals surface area contributed by atoms with Crippen molar-refractivity contribution in [1.29, 1.82) is 0 Å². The molecular weight excluding hydrogens is 609 g/mol. The molecule has 0 aliphatic rings. The van der Waals surface area contributed by atoms with Crippen LogP contribution in [0, 0.1) is 0 Å². The van der Waals surface area contributed by atoms with Crippen molar-refractivity contribution in [3.63, 3.8) is 0 Å². The normalized spacial score (nSPS) is 11.8. The zero-order valence-corrected chi connectivity index (χ0v) is 31.1. The second kappa shape index (κ2) is 16.8. The number of hydrogen-bond acceptors (Lipinski definition) is 2. The summed E-state index contributed by atoms with van der Waals surface area (Å²) in [5.74, 6) is 0.754. The Kier molecular flexibility index (Phi) is 12.0. The highest BCUT2D eigenvalue weighted by Crippen LogP contribution is 2.50. The fourth-order valence-electron chi connectivity index (χ4n) is 8.08. The lowest BCUT2D eigenvalue weighted by atomic mass is 9.83. The minimum absolute atomic E-state index is 0.377. The maximum absolute atomic E-state index is 12.0. The van der Waals surface area contributed by atoms with E-state index in [2.05, 4.69) is 100 Å². The number of phenols is 2. The van der Waals surface area contributed by atoms with Crippen molar-refractivity contribution in [2.45, 2.75) is 130 Å². The summed E-state index contributed by atoms with van der Waals surface area (Å²) in [7, 11) is 0. The minimum Gasteiger partial charge on any atom is -0.507 e. The molecule has 0 saturated carbocycles. The highest BCUT2D eigenvalue weighted by atomic mass is 16.3. The first-order valence-electron chi connectivity index (χ1n) is 19.9. The molecule has 0 atom stereocenters. The van der Waals surface area contributed by atoms with Crippen LogP contribution in [0.2, 0.25) is 0 Å². The molecule has 0 heterocycles. The summed E-state index contributed by atoms with van der Waals surface area (Å²) >= 11 is 0. The minimum atomic E-state index is 0.377. The number of benzene rings is 6. The van der Waals surface area contributed by atoms with E-state index < -0.39 is 0 Å². The van der Waals surface area contributed by atoms with Crippen molar-refractivity contribution >= 4 is 43.1 Å². The summed E-state index contributed by atoms with van der Waals surface area (Å²) in [5.41, 5.74) is 7.52. The predicted octanol–water partition coefficient (Wildman–Crippen LogP) is 14.3. The monoisotopic (exact) mass is 666 g/mol. The fourth-order valence-corrected chi connectivity index (χ4v) is 8.08. The average Bonchev–Trinajstić information content (AvgIpc) is 3.13. The molecule has 50 heavy (non-hydrogen) atoms. The summed E-state index contributed by atoms with van der Waals surface area (Å²) in [4.78, 5) is 0. The molecule has 0 aliphatic heterocycles. The highest BCUT2D eigenvalue weighted by Gasteiger charge is 2.22. The van der Waals surface area contributed by atoms with Crippen molar-refractivity contribution in [2.75, 3.05) is 0 Å². The Bertz CT molecular complexity index is 1930. The molecule has 0 fully saturated rings. The van der Waals surface area contributed by atoms with Crippen LogP contribution in [0.25, 0.3) is 54.2 Å². The molecule has 2 N–H and O–H groups in total. The molecule has 2 nitrogen and oxygen atoms in total. The quantitative estimate of drug-likeness (QED) is 0.0751. The van der Waals surface area contributed by atoms with Crippen LogP contribution >= 0.6 is 0 Å². The van der Waals surface area contributed by atoms with Crippen molar-refractivity contribution in [3.05, 3.63) is 95.1 Å². The second-order valence-electron chi connectivity index (χ2n) is 14.8. The summed E-state index contributed by atoms with van der Waals surface area (Å²) in [6.45, 7) is 9.01. The number of rotatable bonds is 17. The van der Waals surface area contributed by atoms with Gasteiger partial charge >= 0.3 is 0 Å². The van der Waals surface area contributed by atoms with E-state index in [-0.39, 0.29) is 0 Å². The van der Waals surface area contributed by atoms with Crippen LogP contribution in [-0.4, -0.2) is 10.2 Å². The molecule has 6 aromatic rings. The van der Waals surface area contributed by atoms with E-state index in [1.165, 1.54) is 84.7 Å². The summed E-state index contributed by atoms with van der Waals surface area (Å²) < 4.78 is 0. The zero-order chi connectivity index (χ0) is 35.0. The Hall–Kier alpha value is -4.04. The first kappa shape index (κ1) is 35.8. The third-order valence-electron chi connectivity index (χ3n) is 11.0. The van der Waals surface area contributed by atoms with Crippen LogP contribution in [-0.2, 0) is 25.7 Å². The highest BCUT2D eigenvalue weighted by molar-refractivity contribution is 6.26. The van der Waals surface area contributed by atoms with Crippen molar-refractivity contribution in [3.8, 4) is 22.6 Å². The largest absolute Gasteiger partial charge is 0.507 e. The lowest BCUT2D eigenvalue weighted by Gasteiger charge is -2.21. The van der Waals surface area contributed by atoms with E-state index >= 15 is 0 Å². The molecule has 0 saturated heterocycles. The molecule has 6 rings (SSSR count). The van der Waals surface area contributed by atoms with E-state index in [4.69, 9.17) is 0 Å². The van der Waals surface area contributed by atoms with Crippen molar-refractivity contribution in [1.82, 2.24) is 0 Å². The van der Waals surface area contributed by atoms with Gasteiger partial charge in [0, 0.05) is 21.5 Å². The molecule has 0 unspecified atom stereocenters. The molecule has 0 aliphatic carbocycles. The van der Waals surface area contributed by atoms with Gasteiger partial charge in [-0.2, -0.15) is 0 Å². The lowest BCUT2D eigenvalue weighted by Crippen LogP contribution is -1.96. The molecule has 262 valence electrons. The SMILES string of the molecule is CCCCCc1ccc2c(-c3c4ccc(CCCCC)cc4c(O)c4ccc(CCCCC)cc34)c3cc(CCCCC)ccc3c(O)c2c1. The van der Waals surface area contributed by atoms with E-state index in [0.29, 0.717) is 11.5 Å². The number of phenolic OH excluding ortho intramolecular Hbond substituents is 2. The molecule has 6 aromatic carbocycles. The van der Waals surface area contributed by atoms with Crippen molar-refractivity contribution in [2.24, 2.45) is 0 Å². The smallest absolute Gasteiger partial charge is 0.131 e. The Morgan fingerprint density at radius 1 is 0.320 bits per heavy atom. The van der Waals surface area contributed by atoms with Gasteiger partial charge < -0.3 is 10.2 Å². The Morgan fingerprint density at radius 2 is 0.600 bits per heavy atom. The first-order valence-corrected chi connectivity index (χ1v) is 19.9. The average molecular weight is 667 g/mol. The summed E-state index contributed by atoms with van der Waals surface area (Å²) in [6, 6.07) is 27.0. The van der Waals surface area contributed by atoms with Gasteiger partial charge in [0.25, 0.3) is 0 Å². The van der Waals surface area contributed by atoms with Gasteiger partial charge in [-0.15, -0.1) is 0 Å². The van der Waals surface area contributed by atoms with Gasteiger partial charge in [-0.05, 0) is 118 Å². The topological polar surface area (TPSA) is 40.5 Å². The maximum atomic E-state index is 12.0. The van der Waals surface area contributed by atoms with Crippen LogP contribution in [0.1, 0.15) is 127 Å². The van der Waals surface area contributed by atoms with Gasteiger partial charge in [-0.25, -0.2) is 0 Å². The van der Waals surface area contributed by atoms with Gasteiger partial charge in [-0.3, -0.25) is 0 Å². The fraction of sp³-hybridized carbons (Fsp3) is 0.417. The van der Waals surface area contributed by atoms with E-state index in [1.54, 1.807) is 0 Å². The molecule has 0 aromatic heterocycles. The standard InChI is InChI=1S/C48H58O2/c1-5-9-13-17-33-23-27-39-41(29-33)45(37-25-21-35(19-15-11-7-3)31-43(37)47(39)49)46-38-26-22-36(20-16-12-8-4)32-44(38)48(50)40-28-24-34(30-42(40)46)18-14-10-6-2/h21-32,49-50H,5-20H2,1-4H3. The Balaban J connectivity index is 1.70. The third kappa shape index (κ3) is 7.51. The number of aromatic hydroxyl groups is 2. The summed E-state index contributed by atoms with van der Waals surface area (Å²) in [5, 5.41) is 32.0. The number of aryl methyl sites for hydroxylation is 4. The molecule has 0 amide bonds. The van der Waals surface area contributed by atoms with Crippen molar-refractivity contribution < 1.29 is 10.2 Å². The van der Waals surface area contributed by atoms with Crippen LogP contribution in [0.15, 0.2) is 72.8 Å². The van der Waals surface area contributed by atoms with Crippen LogP contribution in [0.3, 0.4) is 0 Å². The van der Waals surface area contributed by atoms with E-state index in [0.717, 1.165) is 94.5 Å². The molecule has 0 radical (unpaired) electrons. The maximum Gasteiger partial charge on any atom is 0.131 e. The van der Waals surface area contributed by atoms with E-state index in [1.807, 2.05) is 0 Å². The van der Waals surface area contributed by atoms with Crippen LogP contribution in [0.4, 0.5) is 0 Å². The predicted molar refractivity (Wildman–Crippen MR) is 218 cm³/mol.